The Labute approximate surface area is 127 Å². The number of hydrogen-bond donors (Lipinski definition) is 3. The SMILES string of the molecule is CCCNc1nc(NCc2ccc(C)s2)c2cn[nH]c2n1. The van der Waals surface area contributed by atoms with Crippen molar-refractivity contribution in [3.05, 3.63) is 28.1 Å². The maximum absolute atomic E-state index is 4.54. The first-order valence-corrected chi connectivity index (χ1v) is 7.82. The average Bonchev–Trinajstić information content (AvgIpc) is 3.11. The van der Waals surface area contributed by atoms with Gasteiger partial charge in [-0.1, -0.05) is 6.92 Å². The summed E-state index contributed by atoms with van der Waals surface area (Å²) < 4.78 is 0. The molecule has 7 heteroatoms. The Morgan fingerprint density at radius 2 is 2.14 bits per heavy atom. The number of thiophene rings is 1. The highest BCUT2D eigenvalue weighted by molar-refractivity contribution is 7.11. The molecule has 0 spiro atoms. The summed E-state index contributed by atoms with van der Waals surface area (Å²) in [5, 5.41) is 14.4. The maximum atomic E-state index is 4.54. The van der Waals surface area contributed by atoms with Gasteiger partial charge in [0.05, 0.1) is 18.1 Å². The van der Waals surface area contributed by atoms with Gasteiger partial charge >= 0.3 is 0 Å². The summed E-state index contributed by atoms with van der Waals surface area (Å²) in [4.78, 5) is 11.6. The Balaban J connectivity index is 1.83. The molecule has 3 rings (SSSR count). The van der Waals surface area contributed by atoms with Gasteiger partial charge in [0.25, 0.3) is 0 Å². The molecule has 0 saturated heterocycles. The van der Waals surface area contributed by atoms with Crippen LogP contribution in [0.3, 0.4) is 0 Å². The number of aromatic amines is 1. The van der Waals surface area contributed by atoms with E-state index in [0.29, 0.717) is 5.95 Å². The van der Waals surface area contributed by atoms with E-state index in [4.69, 9.17) is 0 Å². The lowest BCUT2D eigenvalue weighted by atomic mass is 10.3. The Morgan fingerprint density at radius 3 is 2.90 bits per heavy atom. The largest absolute Gasteiger partial charge is 0.364 e. The fourth-order valence-electron chi connectivity index (χ4n) is 2.04. The van der Waals surface area contributed by atoms with Crippen LogP contribution in [0, 0.1) is 6.92 Å². The van der Waals surface area contributed by atoms with E-state index in [-0.39, 0.29) is 0 Å². The van der Waals surface area contributed by atoms with Crippen LogP contribution in [-0.4, -0.2) is 26.7 Å². The topological polar surface area (TPSA) is 78.5 Å². The average molecular weight is 302 g/mol. The summed E-state index contributed by atoms with van der Waals surface area (Å²) in [5.41, 5.74) is 0.744. The number of aromatic nitrogens is 4. The monoisotopic (exact) mass is 302 g/mol. The van der Waals surface area contributed by atoms with Crippen LogP contribution >= 0.6 is 11.3 Å². The van der Waals surface area contributed by atoms with Crippen LogP contribution < -0.4 is 10.6 Å². The highest BCUT2D eigenvalue weighted by Crippen LogP contribution is 2.22. The molecule has 0 atom stereocenters. The quantitative estimate of drug-likeness (QED) is 0.652. The molecule has 0 saturated carbocycles. The molecule has 3 heterocycles. The van der Waals surface area contributed by atoms with Gasteiger partial charge in [-0.2, -0.15) is 15.1 Å². The molecule has 21 heavy (non-hydrogen) atoms. The second-order valence-electron chi connectivity index (χ2n) is 4.82. The van der Waals surface area contributed by atoms with Crippen molar-refractivity contribution < 1.29 is 0 Å². The van der Waals surface area contributed by atoms with Crippen LogP contribution in [0.1, 0.15) is 23.1 Å². The van der Waals surface area contributed by atoms with Crippen LogP contribution in [0.25, 0.3) is 11.0 Å². The van der Waals surface area contributed by atoms with E-state index in [9.17, 15) is 0 Å². The zero-order valence-corrected chi connectivity index (χ0v) is 12.9. The van der Waals surface area contributed by atoms with Crippen molar-refractivity contribution in [2.75, 3.05) is 17.2 Å². The second kappa shape index (κ2) is 6.09. The minimum Gasteiger partial charge on any atom is -0.364 e. The lowest BCUT2D eigenvalue weighted by Gasteiger charge is -2.08. The molecule has 0 fully saturated rings. The van der Waals surface area contributed by atoms with Crippen LogP contribution in [0.4, 0.5) is 11.8 Å². The molecule has 0 radical (unpaired) electrons. The van der Waals surface area contributed by atoms with Gasteiger partial charge in [-0.15, -0.1) is 11.3 Å². The van der Waals surface area contributed by atoms with Gasteiger partial charge in [0.2, 0.25) is 5.95 Å². The van der Waals surface area contributed by atoms with E-state index in [1.165, 1.54) is 9.75 Å². The first-order valence-electron chi connectivity index (χ1n) is 7.00. The van der Waals surface area contributed by atoms with E-state index in [0.717, 1.165) is 36.4 Å². The van der Waals surface area contributed by atoms with Crippen LogP contribution in [0.5, 0.6) is 0 Å². The van der Waals surface area contributed by atoms with Gasteiger partial charge < -0.3 is 10.6 Å². The predicted molar refractivity (Wildman–Crippen MR) is 86.8 cm³/mol. The van der Waals surface area contributed by atoms with E-state index in [1.807, 2.05) is 0 Å². The normalized spacial score (nSPS) is 11.0. The van der Waals surface area contributed by atoms with Crippen LogP contribution in [0.15, 0.2) is 18.3 Å². The van der Waals surface area contributed by atoms with Crippen molar-refractivity contribution in [3.8, 4) is 0 Å². The van der Waals surface area contributed by atoms with Gasteiger partial charge in [0.1, 0.15) is 5.82 Å². The standard InChI is InChI=1S/C14H18N6S/c1-3-6-15-14-18-12(11-8-17-20-13(11)19-14)16-7-10-5-4-9(2)21-10/h4-5,8H,3,6-7H2,1-2H3,(H3,15,16,17,18,19,20). The molecule has 0 aliphatic rings. The van der Waals surface area contributed by atoms with Crippen molar-refractivity contribution in [1.29, 1.82) is 0 Å². The van der Waals surface area contributed by atoms with E-state index in [2.05, 4.69) is 56.8 Å². The lowest BCUT2D eigenvalue weighted by molar-refractivity contribution is 0.953. The Hall–Kier alpha value is -2.15. The van der Waals surface area contributed by atoms with Gasteiger partial charge in [0, 0.05) is 16.3 Å². The van der Waals surface area contributed by atoms with Crippen molar-refractivity contribution in [2.24, 2.45) is 0 Å². The molecule has 3 aromatic heterocycles. The minimum absolute atomic E-state index is 0.624. The van der Waals surface area contributed by atoms with Crippen molar-refractivity contribution in [1.82, 2.24) is 20.2 Å². The molecular weight excluding hydrogens is 284 g/mol. The third kappa shape index (κ3) is 3.13. The summed E-state index contributed by atoms with van der Waals surface area (Å²) in [6, 6.07) is 4.26. The summed E-state index contributed by atoms with van der Waals surface area (Å²) in [6.45, 7) is 5.83. The molecule has 3 N–H and O–H groups in total. The third-order valence-electron chi connectivity index (χ3n) is 3.07. The summed E-state index contributed by atoms with van der Waals surface area (Å²) >= 11 is 1.79. The number of nitrogens with zero attached hydrogens (tertiary/aromatic N) is 3. The van der Waals surface area contributed by atoms with Crippen molar-refractivity contribution in [3.63, 3.8) is 0 Å². The van der Waals surface area contributed by atoms with Gasteiger partial charge in [-0.3, -0.25) is 5.10 Å². The first kappa shape index (κ1) is 13.8. The number of aryl methyl sites for hydroxylation is 1. The minimum atomic E-state index is 0.624. The smallest absolute Gasteiger partial charge is 0.226 e. The van der Waals surface area contributed by atoms with Crippen molar-refractivity contribution >= 4 is 34.1 Å². The highest BCUT2D eigenvalue weighted by atomic mass is 32.1. The predicted octanol–water partition coefficient (Wildman–Crippen LogP) is 3.16. The van der Waals surface area contributed by atoms with E-state index >= 15 is 0 Å². The zero-order chi connectivity index (χ0) is 14.7. The molecule has 0 bridgehead atoms. The van der Waals surface area contributed by atoms with Gasteiger partial charge in [0.15, 0.2) is 5.65 Å². The molecule has 0 aliphatic carbocycles. The zero-order valence-electron chi connectivity index (χ0n) is 12.1. The van der Waals surface area contributed by atoms with Crippen molar-refractivity contribution in [2.45, 2.75) is 26.8 Å². The summed E-state index contributed by atoms with van der Waals surface area (Å²) in [5.74, 6) is 1.43. The number of hydrogen-bond acceptors (Lipinski definition) is 6. The Morgan fingerprint density at radius 1 is 1.24 bits per heavy atom. The fourth-order valence-corrected chi connectivity index (χ4v) is 2.87. The molecule has 3 aromatic rings. The number of fused-ring (bicyclic) bond motifs is 1. The number of nitrogens with one attached hydrogen (secondary N) is 3. The van der Waals surface area contributed by atoms with E-state index in [1.54, 1.807) is 17.5 Å². The van der Waals surface area contributed by atoms with Crippen LogP contribution in [-0.2, 0) is 6.54 Å². The van der Waals surface area contributed by atoms with Crippen LogP contribution in [0.2, 0.25) is 0 Å². The molecular formula is C14H18N6S. The lowest BCUT2D eigenvalue weighted by Crippen LogP contribution is -2.07. The molecule has 0 unspecified atom stereocenters. The molecule has 6 nitrogen and oxygen atoms in total. The number of anilines is 2. The highest BCUT2D eigenvalue weighted by Gasteiger charge is 2.09. The fraction of sp³-hybridized carbons (Fsp3) is 0.357. The molecule has 0 aliphatic heterocycles. The number of H-pyrrole nitrogens is 1. The summed E-state index contributed by atoms with van der Waals surface area (Å²) in [6.07, 6.45) is 2.78. The first-order chi connectivity index (χ1) is 10.3. The van der Waals surface area contributed by atoms with Gasteiger partial charge in [-0.05, 0) is 25.5 Å². The number of rotatable bonds is 6. The molecule has 110 valence electrons. The summed E-state index contributed by atoms with van der Waals surface area (Å²) in [7, 11) is 0. The van der Waals surface area contributed by atoms with Gasteiger partial charge in [-0.25, -0.2) is 0 Å². The van der Waals surface area contributed by atoms with E-state index < -0.39 is 0 Å². The third-order valence-corrected chi connectivity index (χ3v) is 4.07. The Bertz CT molecular complexity index is 732. The maximum Gasteiger partial charge on any atom is 0.226 e. The second-order valence-corrected chi connectivity index (χ2v) is 6.19. The molecule has 0 amide bonds. The molecule has 0 aromatic carbocycles. The Kier molecular flexibility index (Phi) is 4.01.